The maximum Gasteiger partial charge on any atom is 0.238 e. The maximum atomic E-state index is 11.5. The Balaban J connectivity index is 2.40. The van der Waals surface area contributed by atoms with Crippen molar-refractivity contribution in [1.82, 2.24) is 5.32 Å². The van der Waals surface area contributed by atoms with E-state index in [1.165, 1.54) is 0 Å². The number of rotatable bonds is 4. The Morgan fingerprint density at radius 2 is 2.06 bits per heavy atom. The van der Waals surface area contributed by atoms with Gasteiger partial charge in [0.15, 0.2) is 0 Å². The zero-order chi connectivity index (χ0) is 12.0. The summed E-state index contributed by atoms with van der Waals surface area (Å²) in [6.07, 6.45) is 5.18. The number of amides is 1. The summed E-state index contributed by atoms with van der Waals surface area (Å²) in [5.74, 6) is 2.41. The lowest BCUT2D eigenvalue weighted by molar-refractivity contribution is -0.115. The minimum Gasteiger partial charge on any atom is -0.325 e. The lowest BCUT2D eigenvalue weighted by Gasteiger charge is -2.08. The highest BCUT2D eigenvalue weighted by atomic mass is 16.1. The summed E-state index contributed by atoms with van der Waals surface area (Å²) in [4.78, 5) is 11.5. The molecule has 1 aromatic rings. The summed E-state index contributed by atoms with van der Waals surface area (Å²) >= 11 is 0. The first kappa shape index (κ1) is 12.3. The molecular formula is C13H16N2O. The number of nitrogens with one attached hydrogen (secondary N) is 2. The van der Waals surface area contributed by atoms with Crippen LogP contribution in [0.5, 0.6) is 0 Å². The molecule has 0 aliphatic carbocycles. The second-order valence-electron chi connectivity index (χ2n) is 3.68. The van der Waals surface area contributed by atoms with Crippen LogP contribution in [-0.2, 0) is 4.79 Å². The SMILES string of the molecule is C#CC(C)NCC(=O)Nc1ccc(C)cc1. The van der Waals surface area contributed by atoms with Gasteiger partial charge in [-0.3, -0.25) is 10.1 Å². The Kier molecular flexibility index (Phi) is 4.56. The average Bonchev–Trinajstić information content (AvgIpc) is 2.29. The molecule has 0 radical (unpaired) electrons. The maximum absolute atomic E-state index is 11.5. The van der Waals surface area contributed by atoms with Gasteiger partial charge in [0.05, 0.1) is 12.6 Å². The van der Waals surface area contributed by atoms with Crippen molar-refractivity contribution < 1.29 is 4.79 Å². The fourth-order valence-electron chi connectivity index (χ4n) is 1.15. The molecule has 2 N–H and O–H groups in total. The van der Waals surface area contributed by atoms with E-state index in [4.69, 9.17) is 6.42 Å². The first-order valence-corrected chi connectivity index (χ1v) is 5.18. The molecule has 3 heteroatoms. The lowest BCUT2D eigenvalue weighted by atomic mass is 10.2. The summed E-state index contributed by atoms with van der Waals surface area (Å²) in [5.41, 5.74) is 1.96. The van der Waals surface area contributed by atoms with Crippen LogP contribution in [0.1, 0.15) is 12.5 Å². The third-order valence-electron chi connectivity index (χ3n) is 2.15. The van der Waals surface area contributed by atoms with Gasteiger partial charge < -0.3 is 5.32 Å². The van der Waals surface area contributed by atoms with Gasteiger partial charge in [0, 0.05) is 5.69 Å². The smallest absolute Gasteiger partial charge is 0.238 e. The minimum absolute atomic E-state index is 0.0917. The Bertz CT molecular complexity index is 389. The molecule has 1 aromatic carbocycles. The van der Waals surface area contributed by atoms with Crippen LogP contribution in [0.3, 0.4) is 0 Å². The number of carbonyl (C=O) groups is 1. The van der Waals surface area contributed by atoms with E-state index in [0.717, 1.165) is 11.3 Å². The van der Waals surface area contributed by atoms with Gasteiger partial charge in [-0.25, -0.2) is 0 Å². The predicted octanol–water partition coefficient (Wildman–Crippen LogP) is 1.54. The van der Waals surface area contributed by atoms with Crippen LogP contribution in [0.4, 0.5) is 5.69 Å². The van der Waals surface area contributed by atoms with Crippen molar-refractivity contribution in [1.29, 1.82) is 0 Å². The topological polar surface area (TPSA) is 41.1 Å². The highest BCUT2D eigenvalue weighted by Crippen LogP contribution is 2.07. The van der Waals surface area contributed by atoms with Gasteiger partial charge in [-0.15, -0.1) is 6.42 Å². The molecule has 1 unspecified atom stereocenters. The molecule has 0 saturated carbocycles. The van der Waals surface area contributed by atoms with Crippen LogP contribution in [0.15, 0.2) is 24.3 Å². The summed E-state index contributed by atoms with van der Waals surface area (Å²) < 4.78 is 0. The molecule has 1 amide bonds. The summed E-state index contributed by atoms with van der Waals surface area (Å²) in [7, 11) is 0. The van der Waals surface area contributed by atoms with E-state index in [0.29, 0.717) is 0 Å². The summed E-state index contributed by atoms with van der Waals surface area (Å²) in [6.45, 7) is 4.06. The third kappa shape index (κ3) is 4.16. The molecule has 0 aliphatic heterocycles. The van der Waals surface area contributed by atoms with E-state index >= 15 is 0 Å². The second-order valence-corrected chi connectivity index (χ2v) is 3.68. The Morgan fingerprint density at radius 3 is 2.62 bits per heavy atom. The van der Waals surface area contributed by atoms with Crippen LogP contribution in [-0.4, -0.2) is 18.5 Å². The van der Waals surface area contributed by atoms with Crippen LogP contribution >= 0.6 is 0 Å². The van der Waals surface area contributed by atoms with Gasteiger partial charge in [-0.05, 0) is 26.0 Å². The number of anilines is 1. The van der Waals surface area contributed by atoms with Crippen molar-refractivity contribution in [2.45, 2.75) is 19.9 Å². The van der Waals surface area contributed by atoms with E-state index in [2.05, 4.69) is 16.6 Å². The molecule has 0 saturated heterocycles. The first-order chi connectivity index (χ1) is 7.61. The fourth-order valence-corrected chi connectivity index (χ4v) is 1.15. The standard InChI is InChI=1S/C13H16N2O/c1-4-11(3)14-9-13(16)15-12-7-5-10(2)6-8-12/h1,5-8,11,14H,9H2,2-3H3,(H,15,16). The highest BCUT2D eigenvalue weighted by Gasteiger charge is 2.03. The molecule has 0 fully saturated rings. The molecule has 1 atom stereocenters. The molecule has 1 rings (SSSR count). The van der Waals surface area contributed by atoms with Crippen molar-refractivity contribution in [3.63, 3.8) is 0 Å². The molecule has 0 spiro atoms. The summed E-state index contributed by atoms with van der Waals surface area (Å²) in [5, 5.41) is 5.69. The van der Waals surface area contributed by atoms with Crippen molar-refractivity contribution >= 4 is 11.6 Å². The van der Waals surface area contributed by atoms with Crippen LogP contribution in [0.25, 0.3) is 0 Å². The number of aryl methyl sites for hydroxylation is 1. The minimum atomic E-state index is -0.0937. The lowest BCUT2D eigenvalue weighted by Crippen LogP contribution is -2.33. The third-order valence-corrected chi connectivity index (χ3v) is 2.15. The molecule has 0 aromatic heterocycles. The largest absolute Gasteiger partial charge is 0.325 e. The van der Waals surface area contributed by atoms with Gasteiger partial charge >= 0.3 is 0 Å². The Hall–Kier alpha value is -1.79. The molecule has 3 nitrogen and oxygen atoms in total. The van der Waals surface area contributed by atoms with Crippen molar-refractivity contribution in [2.24, 2.45) is 0 Å². The van der Waals surface area contributed by atoms with Gasteiger partial charge in [0.25, 0.3) is 0 Å². The quantitative estimate of drug-likeness (QED) is 0.750. The Labute approximate surface area is 96.2 Å². The van der Waals surface area contributed by atoms with Gasteiger partial charge in [-0.2, -0.15) is 0 Å². The first-order valence-electron chi connectivity index (χ1n) is 5.18. The van der Waals surface area contributed by atoms with Crippen LogP contribution in [0, 0.1) is 19.3 Å². The monoisotopic (exact) mass is 216 g/mol. The highest BCUT2D eigenvalue weighted by molar-refractivity contribution is 5.92. The predicted molar refractivity (Wildman–Crippen MR) is 66.1 cm³/mol. The molecule has 16 heavy (non-hydrogen) atoms. The van der Waals surface area contributed by atoms with Crippen molar-refractivity contribution in [3.05, 3.63) is 29.8 Å². The molecule has 0 heterocycles. The number of terminal acetylenes is 1. The summed E-state index contributed by atoms with van der Waals surface area (Å²) in [6, 6.07) is 7.55. The molecular weight excluding hydrogens is 200 g/mol. The Morgan fingerprint density at radius 1 is 1.44 bits per heavy atom. The van der Waals surface area contributed by atoms with Gasteiger partial charge in [-0.1, -0.05) is 23.6 Å². The van der Waals surface area contributed by atoms with E-state index < -0.39 is 0 Å². The van der Waals surface area contributed by atoms with E-state index in [9.17, 15) is 4.79 Å². The number of hydrogen-bond acceptors (Lipinski definition) is 2. The van der Waals surface area contributed by atoms with E-state index in [-0.39, 0.29) is 18.5 Å². The number of carbonyl (C=O) groups excluding carboxylic acids is 1. The fraction of sp³-hybridized carbons (Fsp3) is 0.308. The van der Waals surface area contributed by atoms with Crippen LogP contribution < -0.4 is 10.6 Å². The van der Waals surface area contributed by atoms with Crippen LogP contribution in [0.2, 0.25) is 0 Å². The van der Waals surface area contributed by atoms with E-state index in [1.807, 2.05) is 38.1 Å². The molecule has 84 valence electrons. The zero-order valence-electron chi connectivity index (χ0n) is 9.58. The van der Waals surface area contributed by atoms with Gasteiger partial charge in [0.1, 0.15) is 0 Å². The zero-order valence-corrected chi connectivity index (χ0v) is 9.58. The van der Waals surface area contributed by atoms with Crippen molar-refractivity contribution in [3.8, 4) is 12.3 Å². The molecule has 0 bridgehead atoms. The number of hydrogen-bond donors (Lipinski definition) is 2. The van der Waals surface area contributed by atoms with E-state index in [1.54, 1.807) is 0 Å². The van der Waals surface area contributed by atoms with Gasteiger partial charge in [0.2, 0.25) is 5.91 Å². The average molecular weight is 216 g/mol. The molecule has 0 aliphatic rings. The number of benzene rings is 1. The second kappa shape index (κ2) is 5.94. The van der Waals surface area contributed by atoms with Crippen molar-refractivity contribution in [2.75, 3.05) is 11.9 Å². The normalized spacial score (nSPS) is 11.6.